The summed E-state index contributed by atoms with van der Waals surface area (Å²) >= 11 is 0. The molecule has 0 aliphatic carbocycles. The molecule has 0 atom stereocenters. The van der Waals surface area contributed by atoms with Gasteiger partial charge in [-0.3, -0.25) is 0 Å². The molecule has 0 saturated carbocycles. The predicted octanol–water partition coefficient (Wildman–Crippen LogP) is 3.92. The van der Waals surface area contributed by atoms with Crippen molar-refractivity contribution in [2.24, 2.45) is 0 Å². The molecule has 0 radical (unpaired) electrons. The van der Waals surface area contributed by atoms with E-state index >= 15 is 0 Å². The van der Waals surface area contributed by atoms with Gasteiger partial charge < -0.3 is 10.5 Å². The van der Waals surface area contributed by atoms with Crippen LogP contribution in [-0.4, -0.2) is 4.98 Å². The van der Waals surface area contributed by atoms with Gasteiger partial charge in [-0.2, -0.15) is 0 Å². The monoisotopic (exact) mass is 250 g/mol. The van der Waals surface area contributed by atoms with Crippen LogP contribution >= 0.6 is 0 Å². The Balaban J connectivity index is 1.95. The highest BCUT2D eigenvalue weighted by molar-refractivity contribution is 5.82. The van der Waals surface area contributed by atoms with Crippen LogP contribution in [0.2, 0.25) is 0 Å². The average molecular weight is 250 g/mol. The number of pyridine rings is 1. The average Bonchev–Trinajstić information content (AvgIpc) is 2.39. The molecule has 3 nitrogen and oxygen atoms in total. The first kappa shape index (κ1) is 11.5. The molecule has 19 heavy (non-hydrogen) atoms. The van der Waals surface area contributed by atoms with E-state index in [4.69, 9.17) is 10.5 Å². The van der Waals surface area contributed by atoms with Crippen molar-refractivity contribution in [3.05, 3.63) is 60.2 Å². The predicted molar refractivity (Wildman–Crippen MR) is 77.4 cm³/mol. The number of fused-ring (bicyclic) bond motifs is 1. The summed E-state index contributed by atoms with van der Waals surface area (Å²) in [7, 11) is 0. The van der Waals surface area contributed by atoms with E-state index in [1.165, 1.54) is 0 Å². The van der Waals surface area contributed by atoms with Gasteiger partial charge in [0.15, 0.2) is 0 Å². The summed E-state index contributed by atoms with van der Waals surface area (Å²) in [6, 6.07) is 17.3. The molecule has 3 rings (SSSR count). The molecule has 0 saturated heterocycles. The zero-order chi connectivity index (χ0) is 13.2. The number of nitrogen functional groups attached to an aromatic ring is 1. The van der Waals surface area contributed by atoms with Crippen LogP contribution in [0, 0.1) is 6.92 Å². The number of anilines is 1. The molecule has 0 unspecified atom stereocenters. The van der Waals surface area contributed by atoms with E-state index in [2.05, 4.69) is 4.98 Å². The largest absolute Gasteiger partial charge is 0.439 e. The Bertz CT molecular complexity index is 738. The standard InChI is InChI=1S/C16H14N2O/c1-11-3-2-4-14(9-11)19-16-8-5-12-10-13(17)6-7-15(12)18-16/h2-10H,17H2,1H3. The summed E-state index contributed by atoms with van der Waals surface area (Å²) < 4.78 is 5.76. The van der Waals surface area contributed by atoms with Crippen LogP contribution < -0.4 is 10.5 Å². The molecule has 0 aliphatic rings. The number of ether oxygens (including phenoxy) is 1. The Labute approximate surface area is 111 Å². The summed E-state index contributed by atoms with van der Waals surface area (Å²) in [5, 5.41) is 1.01. The van der Waals surface area contributed by atoms with Crippen LogP contribution in [0.15, 0.2) is 54.6 Å². The van der Waals surface area contributed by atoms with E-state index in [0.717, 1.165) is 27.9 Å². The SMILES string of the molecule is Cc1cccc(Oc2ccc3cc(N)ccc3n2)c1. The first-order chi connectivity index (χ1) is 9.20. The maximum Gasteiger partial charge on any atom is 0.219 e. The van der Waals surface area contributed by atoms with Gasteiger partial charge in [-0.05, 0) is 48.9 Å². The van der Waals surface area contributed by atoms with Crippen LogP contribution in [0.4, 0.5) is 5.69 Å². The van der Waals surface area contributed by atoms with Crippen LogP contribution in [0.25, 0.3) is 10.9 Å². The number of hydrogen-bond donors (Lipinski definition) is 1. The zero-order valence-electron chi connectivity index (χ0n) is 10.6. The normalized spacial score (nSPS) is 10.6. The molecule has 3 heteroatoms. The third-order valence-electron chi connectivity index (χ3n) is 2.90. The number of hydrogen-bond acceptors (Lipinski definition) is 3. The van der Waals surface area contributed by atoms with Crippen LogP contribution in [0.3, 0.4) is 0 Å². The van der Waals surface area contributed by atoms with E-state index in [1.807, 2.05) is 61.5 Å². The number of aryl methyl sites for hydroxylation is 1. The van der Waals surface area contributed by atoms with E-state index in [9.17, 15) is 0 Å². The number of aromatic nitrogens is 1. The lowest BCUT2D eigenvalue weighted by Gasteiger charge is -2.06. The lowest BCUT2D eigenvalue weighted by atomic mass is 10.2. The Morgan fingerprint density at radius 2 is 1.89 bits per heavy atom. The highest BCUT2D eigenvalue weighted by Gasteiger charge is 2.01. The lowest BCUT2D eigenvalue weighted by Crippen LogP contribution is -1.90. The first-order valence-electron chi connectivity index (χ1n) is 6.11. The van der Waals surface area contributed by atoms with Crippen LogP contribution in [0.5, 0.6) is 11.6 Å². The van der Waals surface area contributed by atoms with Gasteiger partial charge in [0.2, 0.25) is 5.88 Å². The quantitative estimate of drug-likeness (QED) is 0.701. The Kier molecular flexibility index (Phi) is 2.80. The van der Waals surface area contributed by atoms with Crippen molar-refractivity contribution in [2.45, 2.75) is 6.92 Å². The smallest absolute Gasteiger partial charge is 0.219 e. The van der Waals surface area contributed by atoms with Gasteiger partial charge in [0.25, 0.3) is 0 Å². The third-order valence-corrected chi connectivity index (χ3v) is 2.90. The highest BCUT2D eigenvalue weighted by Crippen LogP contribution is 2.23. The fraction of sp³-hybridized carbons (Fsp3) is 0.0625. The highest BCUT2D eigenvalue weighted by atomic mass is 16.5. The molecule has 0 spiro atoms. The number of benzene rings is 2. The molecule has 0 fully saturated rings. The number of nitrogens with zero attached hydrogens (tertiary/aromatic N) is 1. The van der Waals surface area contributed by atoms with Crippen molar-refractivity contribution in [2.75, 3.05) is 5.73 Å². The van der Waals surface area contributed by atoms with Crippen molar-refractivity contribution in [3.63, 3.8) is 0 Å². The Morgan fingerprint density at radius 1 is 1.00 bits per heavy atom. The molecule has 1 heterocycles. The summed E-state index contributed by atoms with van der Waals surface area (Å²) in [5.41, 5.74) is 8.51. The number of rotatable bonds is 2. The van der Waals surface area contributed by atoms with E-state index in [0.29, 0.717) is 5.88 Å². The van der Waals surface area contributed by atoms with Crippen molar-refractivity contribution in [1.82, 2.24) is 4.98 Å². The Hall–Kier alpha value is -2.55. The summed E-state index contributed by atoms with van der Waals surface area (Å²) in [5.74, 6) is 1.38. The van der Waals surface area contributed by atoms with Crippen LogP contribution in [-0.2, 0) is 0 Å². The molecular formula is C16H14N2O. The van der Waals surface area contributed by atoms with Gasteiger partial charge >= 0.3 is 0 Å². The maximum atomic E-state index is 5.76. The second kappa shape index (κ2) is 4.61. The fourth-order valence-corrected chi connectivity index (χ4v) is 1.98. The zero-order valence-corrected chi connectivity index (χ0v) is 10.6. The van der Waals surface area contributed by atoms with Gasteiger partial charge in [-0.25, -0.2) is 4.98 Å². The summed E-state index contributed by atoms with van der Waals surface area (Å²) in [6.45, 7) is 2.03. The maximum absolute atomic E-state index is 5.76. The second-order valence-corrected chi connectivity index (χ2v) is 4.52. The molecule has 1 aromatic heterocycles. The minimum absolute atomic E-state index is 0.586. The van der Waals surface area contributed by atoms with E-state index in [-0.39, 0.29) is 0 Å². The molecule has 2 aromatic carbocycles. The van der Waals surface area contributed by atoms with Crippen molar-refractivity contribution in [3.8, 4) is 11.6 Å². The molecule has 94 valence electrons. The van der Waals surface area contributed by atoms with Crippen molar-refractivity contribution in [1.29, 1.82) is 0 Å². The minimum atomic E-state index is 0.586. The van der Waals surface area contributed by atoms with E-state index in [1.54, 1.807) is 0 Å². The summed E-state index contributed by atoms with van der Waals surface area (Å²) in [6.07, 6.45) is 0. The van der Waals surface area contributed by atoms with E-state index < -0.39 is 0 Å². The lowest BCUT2D eigenvalue weighted by molar-refractivity contribution is 0.465. The third kappa shape index (κ3) is 2.50. The minimum Gasteiger partial charge on any atom is -0.439 e. The van der Waals surface area contributed by atoms with Gasteiger partial charge in [0.1, 0.15) is 5.75 Å². The van der Waals surface area contributed by atoms with Crippen molar-refractivity contribution < 1.29 is 4.74 Å². The molecule has 3 aromatic rings. The molecular weight excluding hydrogens is 236 g/mol. The van der Waals surface area contributed by atoms with Crippen molar-refractivity contribution >= 4 is 16.6 Å². The van der Waals surface area contributed by atoms with Gasteiger partial charge in [-0.1, -0.05) is 12.1 Å². The van der Waals surface area contributed by atoms with Crippen LogP contribution in [0.1, 0.15) is 5.56 Å². The molecule has 2 N–H and O–H groups in total. The summed E-state index contributed by atoms with van der Waals surface area (Å²) in [4.78, 5) is 4.46. The molecule has 0 bridgehead atoms. The van der Waals surface area contributed by atoms with Gasteiger partial charge in [0.05, 0.1) is 5.52 Å². The van der Waals surface area contributed by atoms with Gasteiger partial charge in [0, 0.05) is 17.1 Å². The molecule has 0 aliphatic heterocycles. The Morgan fingerprint density at radius 3 is 2.74 bits per heavy atom. The fourth-order valence-electron chi connectivity index (χ4n) is 1.98. The first-order valence-corrected chi connectivity index (χ1v) is 6.11. The number of nitrogens with two attached hydrogens (primary N) is 1. The molecule has 0 amide bonds. The van der Waals surface area contributed by atoms with Gasteiger partial charge in [-0.15, -0.1) is 0 Å². The topological polar surface area (TPSA) is 48.1 Å². The second-order valence-electron chi connectivity index (χ2n) is 4.52.